The van der Waals surface area contributed by atoms with Crippen molar-refractivity contribution < 1.29 is 13.2 Å². The lowest BCUT2D eigenvalue weighted by Crippen LogP contribution is -2.04. The molecule has 0 saturated heterocycles. The van der Waals surface area contributed by atoms with E-state index in [0.29, 0.717) is 15.3 Å². The molecule has 2 N–H and O–H groups in total. The van der Waals surface area contributed by atoms with Crippen molar-refractivity contribution in [2.24, 2.45) is 0 Å². The van der Waals surface area contributed by atoms with Crippen LogP contribution in [0.15, 0.2) is 30.3 Å². The minimum Gasteiger partial charge on any atom is -0.397 e. The molecule has 92 valence electrons. The number of thiophene rings is 1. The molecule has 0 radical (unpaired) electrons. The molecule has 2 rings (SSSR count). The number of hydrogen-bond acceptors (Lipinski definition) is 3. The summed E-state index contributed by atoms with van der Waals surface area (Å²) in [7, 11) is 0. The molecule has 1 heterocycles. The van der Waals surface area contributed by atoms with Crippen LogP contribution in [0, 0.1) is 11.3 Å². The van der Waals surface area contributed by atoms with Gasteiger partial charge in [-0.1, -0.05) is 12.1 Å². The molecule has 0 bridgehead atoms. The lowest BCUT2D eigenvalue weighted by atomic mass is 10.1. The summed E-state index contributed by atoms with van der Waals surface area (Å²) >= 11 is 1.08. The van der Waals surface area contributed by atoms with Gasteiger partial charge in [0.2, 0.25) is 0 Å². The number of nitrogens with two attached hydrogens (primary N) is 1. The first kappa shape index (κ1) is 12.5. The van der Waals surface area contributed by atoms with Crippen molar-refractivity contribution in [2.75, 3.05) is 5.73 Å². The number of rotatable bonds is 1. The second-order valence-corrected chi connectivity index (χ2v) is 4.64. The molecular weight excluding hydrogens is 261 g/mol. The van der Waals surface area contributed by atoms with Crippen molar-refractivity contribution in [3.63, 3.8) is 0 Å². The van der Waals surface area contributed by atoms with Gasteiger partial charge in [-0.3, -0.25) is 0 Å². The Bertz CT molecular complexity index is 623. The highest BCUT2D eigenvalue weighted by Gasteiger charge is 2.30. The van der Waals surface area contributed by atoms with Crippen LogP contribution in [0.25, 0.3) is 10.4 Å². The summed E-state index contributed by atoms with van der Waals surface area (Å²) in [6.45, 7) is 0. The SMILES string of the molecule is N#Cc1sc(-c2cccc(C(F)(F)F)c2)cc1N. The smallest absolute Gasteiger partial charge is 0.397 e. The van der Waals surface area contributed by atoms with Gasteiger partial charge in [0.25, 0.3) is 0 Å². The van der Waals surface area contributed by atoms with Crippen molar-refractivity contribution in [1.82, 2.24) is 0 Å². The number of nitrogens with zero attached hydrogens (tertiary/aromatic N) is 1. The third-order valence-electron chi connectivity index (χ3n) is 2.34. The van der Waals surface area contributed by atoms with Crippen molar-refractivity contribution >= 4 is 17.0 Å². The summed E-state index contributed by atoms with van der Waals surface area (Å²) in [4.78, 5) is 0.859. The minimum atomic E-state index is -4.38. The van der Waals surface area contributed by atoms with Crippen LogP contribution in [0.5, 0.6) is 0 Å². The average molecular weight is 268 g/mol. The highest BCUT2D eigenvalue weighted by molar-refractivity contribution is 7.16. The molecule has 2 nitrogen and oxygen atoms in total. The van der Waals surface area contributed by atoms with Crippen LogP contribution in [-0.2, 0) is 6.18 Å². The van der Waals surface area contributed by atoms with E-state index in [1.165, 1.54) is 12.1 Å². The van der Waals surface area contributed by atoms with Gasteiger partial charge in [0.05, 0.1) is 11.3 Å². The number of alkyl halides is 3. The van der Waals surface area contributed by atoms with Gasteiger partial charge < -0.3 is 5.73 Å². The molecule has 0 aliphatic carbocycles. The normalized spacial score (nSPS) is 11.2. The summed E-state index contributed by atoms with van der Waals surface area (Å²) in [6.07, 6.45) is -4.38. The first-order valence-corrected chi connectivity index (χ1v) is 5.70. The number of anilines is 1. The van der Waals surface area contributed by atoms with E-state index in [1.54, 1.807) is 6.07 Å². The fraction of sp³-hybridized carbons (Fsp3) is 0.0833. The lowest BCUT2D eigenvalue weighted by Gasteiger charge is -2.07. The van der Waals surface area contributed by atoms with Gasteiger partial charge in [0.1, 0.15) is 10.9 Å². The Balaban J connectivity index is 2.48. The Morgan fingerprint density at radius 1 is 1.22 bits per heavy atom. The molecule has 0 amide bonds. The molecule has 6 heteroatoms. The first-order chi connectivity index (χ1) is 8.41. The fourth-order valence-corrected chi connectivity index (χ4v) is 2.36. The molecular formula is C12H7F3N2S. The molecule has 0 spiro atoms. The third-order valence-corrected chi connectivity index (χ3v) is 3.44. The Morgan fingerprint density at radius 2 is 1.94 bits per heavy atom. The fourth-order valence-electron chi connectivity index (χ4n) is 1.48. The summed E-state index contributed by atoms with van der Waals surface area (Å²) in [5.74, 6) is 0. The average Bonchev–Trinajstić information content (AvgIpc) is 2.70. The van der Waals surface area contributed by atoms with E-state index >= 15 is 0 Å². The summed E-state index contributed by atoms with van der Waals surface area (Å²) in [5.41, 5.74) is 5.55. The molecule has 0 unspecified atom stereocenters. The molecule has 1 aromatic heterocycles. The zero-order valence-electron chi connectivity index (χ0n) is 8.95. The zero-order valence-corrected chi connectivity index (χ0v) is 9.77. The molecule has 0 aliphatic heterocycles. The quantitative estimate of drug-likeness (QED) is 0.853. The molecule has 0 aliphatic rings. The first-order valence-electron chi connectivity index (χ1n) is 4.89. The van der Waals surface area contributed by atoms with E-state index in [-0.39, 0.29) is 5.69 Å². The third kappa shape index (κ3) is 2.31. The molecule has 18 heavy (non-hydrogen) atoms. The predicted octanol–water partition coefficient (Wildman–Crippen LogP) is 3.89. The monoisotopic (exact) mass is 268 g/mol. The maximum Gasteiger partial charge on any atom is 0.416 e. The van der Waals surface area contributed by atoms with Crippen molar-refractivity contribution in [2.45, 2.75) is 6.18 Å². The Kier molecular flexibility index (Phi) is 3.01. The van der Waals surface area contributed by atoms with Gasteiger partial charge in [-0.15, -0.1) is 11.3 Å². The van der Waals surface area contributed by atoms with Gasteiger partial charge in [-0.25, -0.2) is 0 Å². The Morgan fingerprint density at radius 3 is 2.50 bits per heavy atom. The minimum absolute atomic E-state index is 0.287. The van der Waals surface area contributed by atoms with Gasteiger partial charge in [-0.05, 0) is 23.8 Å². The van der Waals surface area contributed by atoms with Crippen LogP contribution in [-0.4, -0.2) is 0 Å². The van der Waals surface area contributed by atoms with E-state index in [1.807, 2.05) is 6.07 Å². The van der Waals surface area contributed by atoms with Gasteiger partial charge in [0.15, 0.2) is 0 Å². The van der Waals surface area contributed by atoms with Crippen LogP contribution < -0.4 is 5.73 Å². The van der Waals surface area contributed by atoms with Crippen molar-refractivity contribution in [3.8, 4) is 16.5 Å². The number of halogens is 3. The maximum absolute atomic E-state index is 12.6. The van der Waals surface area contributed by atoms with E-state index in [2.05, 4.69) is 0 Å². The maximum atomic E-state index is 12.6. The second kappa shape index (κ2) is 4.35. The van der Waals surface area contributed by atoms with E-state index in [9.17, 15) is 13.2 Å². The van der Waals surface area contributed by atoms with Crippen molar-refractivity contribution in [3.05, 3.63) is 40.8 Å². The van der Waals surface area contributed by atoms with Crippen LogP contribution >= 0.6 is 11.3 Å². The number of hydrogen-bond donors (Lipinski definition) is 1. The Hall–Kier alpha value is -2.00. The summed E-state index contributed by atoms with van der Waals surface area (Å²) in [5, 5.41) is 8.76. The van der Waals surface area contributed by atoms with Crippen LogP contribution in [0.3, 0.4) is 0 Å². The van der Waals surface area contributed by atoms with Crippen LogP contribution in [0.2, 0.25) is 0 Å². The Labute approximate surface area is 105 Å². The standard InChI is InChI=1S/C12H7F3N2S/c13-12(14,15)8-3-1-2-7(4-8)10-5-9(17)11(6-16)18-10/h1-5H,17H2. The lowest BCUT2D eigenvalue weighted by molar-refractivity contribution is -0.137. The second-order valence-electron chi connectivity index (χ2n) is 3.59. The molecule has 0 fully saturated rings. The van der Waals surface area contributed by atoms with Gasteiger partial charge >= 0.3 is 6.18 Å². The topological polar surface area (TPSA) is 49.8 Å². The highest BCUT2D eigenvalue weighted by atomic mass is 32.1. The highest BCUT2D eigenvalue weighted by Crippen LogP contribution is 2.36. The zero-order chi connectivity index (χ0) is 13.3. The van der Waals surface area contributed by atoms with Crippen LogP contribution in [0.1, 0.15) is 10.4 Å². The van der Waals surface area contributed by atoms with Gasteiger partial charge in [-0.2, -0.15) is 18.4 Å². The largest absolute Gasteiger partial charge is 0.416 e. The van der Waals surface area contributed by atoms with E-state index < -0.39 is 11.7 Å². The molecule has 2 aromatic rings. The number of nitriles is 1. The molecule has 1 aromatic carbocycles. The van der Waals surface area contributed by atoms with E-state index in [4.69, 9.17) is 11.0 Å². The summed E-state index contributed by atoms with van der Waals surface area (Å²) < 4.78 is 37.7. The van der Waals surface area contributed by atoms with Gasteiger partial charge in [0, 0.05) is 4.88 Å². The summed E-state index contributed by atoms with van der Waals surface area (Å²) in [6, 6.07) is 8.36. The predicted molar refractivity (Wildman–Crippen MR) is 63.9 cm³/mol. The molecule has 0 saturated carbocycles. The molecule has 0 atom stereocenters. The van der Waals surface area contributed by atoms with Crippen molar-refractivity contribution in [1.29, 1.82) is 5.26 Å². The number of benzene rings is 1. The van der Waals surface area contributed by atoms with Crippen LogP contribution in [0.4, 0.5) is 18.9 Å². The van der Waals surface area contributed by atoms with E-state index in [0.717, 1.165) is 23.5 Å². The number of nitrogen functional groups attached to an aromatic ring is 1.